The normalized spacial score (nSPS) is 13.1. The van der Waals surface area contributed by atoms with Gasteiger partial charge in [-0.2, -0.15) is 5.10 Å². The molecule has 0 aliphatic heterocycles. The first-order valence-electron chi connectivity index (χ1n) is 5.34. The Balaban J connectivity index is 2.53. The van der Waals surface area contributed by atoms with E-state index in [9.17, 15) is 9.59 Å². The molecule has 1 heterocycles. The zero-order valence-electron chi connectivity index (χ0n) is 10.2. The molecule has 0 bridgehead atoms. The molecule has 3 N–H and O–H groups in total. The van der Waals surface area contributed by atoms with E-state index in [4.69, 9.17) is 5.11 Å². The molecule has 0 aliphatic carbocycles. The van der Waals surface area contributed by atoms with Crippen LogP contribution in [0.15, 0.2) is 12.4 Å². The number of carboxylic acids is 1. The fourth-order valence-electron chi connectivity index (χ4n) is 1.35. The molecule has 1 amide bonds. The summed E-state index contributed by atoms with van der Waals surface area (Å²) in [5.41, 5.74) is -0.202. The van der Waals surface area contributed by atoms with Crippen molar-refractivity contribution in [3.8, 4) is 0 Å². The highest BCUT2D eigenvalue weighted by Gasteiger charge is 2.30. The average molecular weight is 239 g/mol. The Morgan fingerprint density at radius 3 is 2.71 bits per heavy atom. The third kappa shape index (κ3) is 3.58. The van der Waals surface area contributed by atoms with Gasteiger partial charge in [0.1, 0.15) is 0 Å². The van der Waals surface area contributed by atoms with E-state index >= 15 is 0 Å². The van der Waals surface area contributed by atoms with Gasteiger partial charge in [-0.25, -0.2) is 0 Å². The van der Waals surface area contributed by atoms with Crippen LogP contribution in [0.25, 0.3) is 0 Å². The van der Waals surface area contributed by atoms with Gasteiger partial charge in [0, 0.05) is 18.2 Å². The number of aliphatic carboxylic acids is 1. The van der Waals surface area contributed by atoms with Crippen LogP contribution in [0.4, 0.5) is 0 Å². The van der Waals surface area contributed by atoms with E-state index < -0.39 is 11.4 Å². The standard InChI is InChI=1S/C11H17N3O3/c1-7(8-5-12-13-6-8)14-9(15)4-11(2,3)10(16)17/h5-7H,4H2,1-3H3,(H,12,13)(H,14,15)(H,16,17). The molecule has 0 saturated heterocycles. The van der Waals surface area contributed by atoms with Crippen LogP contribution in [0.2, 0.25) is 0 Å². The lowest BCUT2D eigenvalue weighted by Gasteiger charge is -2.20. The van der Waals surface area contributed by atoms with Crippen molar-refractivity contribution in [3.05, 3.63) is 18.0 Å². The number of amides is 1. The van der Waals surface area contributed by atoms with E-state index in [1.165, 1.54) is 13.8 Å². The summed E-state index contributed by atoms with van der Waals surface area (Å²) in [5.74, 6) is -1.27. The quantitative estimate of drug-likeness (QED) is 0.716. The Morgan fingerprint density at radius 2 is 2.24 bits per heavy atom. The Kier molecular flexibility index (Phi) is 3.88. The van der Waals surface area contributed by atoms with Crippen LogP contribution in [0.5, 0.6) is 0 Å². The van der Waals surface area contributed by atoms with Crippen LogP contribution < -0.4 is 5.32 Å². The molecule has 1 unspecified atom stereocenters. The number of carbonyl (C=O) groups excluding carboxylic acids is 1. The molecule has 1 aromatic rings. The fraction of sp³-hybridized carbons (Fsp3) is 0.545. The van der Waals surface area contributed by atoms with Crippen molar-refractivity contribution < 1.29 is 14.7 Å². The summed E-state index contributed by atoms with van der Waals surface area (Å²) >= 11 is 0. The summed E-state index contributed by atoms with van der Waals surface area (Å²) in [6.45, 7) is 4.87. The maximum Gasteiger partial charge on any atom is 0.309 e. The van der Waals surface area contributed by atoms with Crippen molar-refractivity contribution in [1.29, 1.82) is 0 Å². The molecule has 1 rings (SSSR count). The molecule has 0 radical (unpaired) electrons. The number of hydrogen-bond donors (Lipinski definition) is 3. The second-order valence-electron chi connectivity index (χ2n) is 4.69. The van der Waals surface area contributed by atoms with Gasteiger partial charge >= 0.3 is 5.97 Å². The molecule has 0 aromatic carbocycles. The summed E-state index contributed by atoms with van der Waals surface area (Å²) in [4.78, 5) is 22.5. The Morgan fingerprint density at radius 1 is 1.59 bits per heavy atom. The number of carbonyl (C=O) groups is 2. The molecule has 0 saturated carbocycles. The second-order valence-corrected chi connectivity index (χ2v) is 4.69. The molecule has 0 aliphatic rings. The molecule has 1 aromatic heterocycles. The van der Waals surface area contributed by atoms with E-state index in [2.05, 4.69) is 15.5 Å². The predicted octanol–water partition coefficient (Wildman–Crippen LogP) is 1.09. The lowest BCUT2D eigenvalue weighted by atomic mass is 9.89. The van der Waals surface area contributed by atoms with Crippen molar-refractivity contribution in [1.82, 2.24) is 15.5 Å². The lowest BCUT2D eigenvalue weighted by molar-refractivity contribution is -0.149. The molecule has 1 atom stereocenters. The summed E-state index contributed by atoms with van der Waals surface area (Å²) in [6, 6.07) is -0.189. The van der Waals surface area contributed by atoms with E-state index in [0.29, 0.717) is 0 Å². The number of hydrogen-bond acceptors (Lipinski definition) is 3. The maximum absolute atomic E-state index is 11.7. The number of nitrogens with one attached hydrogen (secondary N) is 2. The van der Waals surface area contributed by atoms with Crippen LogP contribution in [-0.4, -0.2) is 27.2 Å². The summed E-state index contributed by atoms with van der Waals surface area (Å²) in [7, 11) is 0. The van der Waals surface area contributed by atoms with Crippen molar-refractivity contribution in [3.63, 3.8) is 0 Å². The number of nitrogens with zero attached hydrogens (tertiary/aromatic N) is 1. The molecular weight excluding hydrogens is 222 g/mol. The molecular formula is C11H17N3O3. The van der Waals surface area contributed by atoms with E-state index in [1.807, 2.05) is 6.92 Å². The van der Waals surface area contributed by atoms with Crippen molar-refractivity contribution in [2.24, 2.45) is 5.41 Å². The predicted molar refractivity (Wildman–Crippen MR) is 61.2 cm³/mol. The average Bonchev–Trinajstić information content (AvgIpc) is 2.68. The number of rotatable bonds is 5. The molecule has 94 valence electrons. The third-order valence-electron chi connectivity index (χ3n) is 2.58. The number of carboxylic acid groups (broad SMARTS) is 1. The molecule has 0 spiro atoms. The largest absolute Gasteiger partial charge is 0.481 e. The van der Waals surface area contributed by atoms with E-state index in [1.54, 1.807) is 12.4 Å². The minimum atomic E-state index is -1.06. The minimum Gasteiger partial charge on any atom is -0.481 e. The van der Waals surface area contributed by atoms with Crippen molar-refractivity contribution >= 4 is 11.9 Å². The summed E-state index contributed by atoms with van der Waals surface area (Å²) in [6.07, 6.45) is 3.26. The maximum atomic E-state index is 11.7. The minimum absolute atomic E-state index is 0.0511. The number of aromatic nitrogens is 2. The third-order valence-corrected chi connectivity index (χ3v) is 2.58. The summed E-state index contributed by atoms with van der Waals surface area (Å²) < 4.78 is 0. The summed E-state index contributed by atoms with van der Waals surface area (Å²) in [5, 5.41) is 18.1. The Hall–Kier alpha value is -1.85. The zero-order chi connectivity index (χ0) is 13.1. The van der Waals surface area contributed by atoms with Gasteiger partial charge in [-0.15, -0.1) is 0 Å². The van der Waals surface area contributed by atoms with Gasteiger partial charge in [0.2, 0.25) is 5.91 Å². The Bertz CT molecular complexity index is 398. The first kappa shape index (κ1) is 13.2. The topological polar surface area (TPSA) is 95.1 Å². The highest BCUT2D eigenvalue weighted by molar-refractivity contribution is 5.84. The van der Waals surface area contributed by atoms with Gasteiger partial charge in [0.25, 0.3) is 0 Å². The number of aromatic amines is 1. The SMILES string of the molecule is CC(NC(=O)CC(C)(C)C(=O)O)c1cn[nH]c1. The first-order chi connectivity index (χ1) is 7.83. The van der Waals surface area contributed by atoms with Gasteiger partial charge in [-0.1, -0.05) is 0 Å². The molecule has 17 heavy (non-hydrogen) atoms. The molecule has 6 heteroatoms. The van der Waals surface area contributed by atoms with Crippen LogP contribution >= 0.6 is 0 Å². The van der Waals surface area contributed by atoms with Gasteiger partial charge in [0.05, 0.1) is 17.7 Å². The second kappa shape index (κ2) is 4.99. The van der Waals surface area contributed by atoms with E-state index in [-0.39, 0.29) is 18.4 Å². The van der Waals surface area contributed by atoms with Crippen LogP contribution in [-0.2, 0) is 9.59 Å². The van der Waals surface area contributed by atoms with Crippen LogP contribution in [0.1, 0.15) is 38.8 Å². The number of H-pyrrole nitrogens is 1. The monoisotopic (exact) mass is 239 g/mol. The van der Waals surface area contributed by atoms with Gasteiger partial charge in [-0.05, 0) is 20.8 Å². The molecule has 6 nitrogen and oxygen atoms in total. The smallest absolute Gasteiger partial charge is 0.309 e. The van der Waals surface area contributed by atoms with Crippen molar-refractivity contribution in [2.75, 3.05) is 0 Å². The zero-order valence-corrected chi connectivity index (χ0v) is 10.2. The first-order valence-corrected chi connectivity index (χ1v) is 5.34. The van der Waals surface area contributed by atoms with E-state index in [0.717, 1.165) is 5.56 Å². The lowest BCUT2D eigenvalue weighted by Crippen LogP contribution is -2.34. The van der Waals surface area contributed by atoms with Gasteiger partial charge in [-0.3, -0.25) is 14.7 Å². The Labute approximate surface area is 99.4 Å². The highest BCUT2D eigenvalue weighted by atomic mass is 16.4. The van der Waals surface area contributed by atoms with Crippen LogP contribution in [0, 0.1) is 5.41 Å². The highest BCUT2D eigenvalue weighted by Crippen LogP contribution is 2.21. The van der Waals surface area contributed by atoms with Crippen molar-refractivity contribution in [2.45, 2.75) is 33.2 Å². The van der Waals surface area contributed by atoms with Gasteiger partial charge < -0.3 is 10.4 Å². The van der Waals surface area contributed by atoms with Crippen LogP contribution in [0.3, 0.4) is 0 Å². The molecule has 0 fully saturated rings. The van der Waals surface area contributed by atoms with Gasteiger partial charge in [0.15, 0.2) is 0 Å². The fourth-order valence-corrected chi connectivity index (χ4v) is 1.35.